The highest BCUT2D eigenvalue weighted by Gasteiger charge is 2.38. The molecule has 0 bridgehead atoms. The lowest BCUT2D eigenvalue weighted by Gasteiger charge is -2.34. The summed E-state index contributed by atoms with van der Waals surface area (Å²) in [6.45, 7) is 1.30. The van der Waals surface area contributed by atoms with Crippen LogP contribution in [0.3, 0.4) is 0 Å². The number of H-pyrrole nitrogens is 1. The second-order valence-electron chi connectivity index (χ2n) is 8.74. The summed E-state index contributed by atoms with van der Waals surface area (Å²) in [5.41, 5.74) is -4.37. The Morgan fingerprint density at radius 1 is 1.05 bits per heavy atom. The van der Waals surface area contributed by atoms with Crippen molar-refractivity contribution in [3.63, 3.8) is 0 Å². The third-order valence-electron chi connectivity index (χ3n) is 5.81. The van der Waals surface area contributed by atoms with Crippen molar-refractivity contribution in [1.29, 1.82) is 0 Å². The van der Waals surface area contributed by atoms with E-state index in [0.29, 0.717) is 12.4 Å². The summed E-state index contributed by atoms with van der Waals surface area (Å²) < 4.78 is 89.5. The van der Waals surface area contributed by atoms with E-state index in [2.05, 4.69) is 25.4 Å². The van der Waals surface area contributed by atoms with Crippen LogP contribution in [-0.4, -0.2) is 70.4 Å². The SMILES string of the molecule is COc1c(OC[C@H](C)Nc2cn[nH]c(=O)c2C(F)(F)F)ccnc1N1CCN(c2ncc(C(F)(F)F)cn2)CC1=O. The van der Waals surface area contributed by atoms with Crippen LogP contribution in [0.2, 0.25) is 0 Å². The van der Waals surface area contributed by atoms with Gasteiger partial charge < -0.3 is 19.7 Å². The van der Waals surface area contributed by atoms with E-state index in [1.165, 1.54) is 36.1 Å². The first kappa shape index (κ1) is 29.3. The molecule has 1 saturated heterocycles. The zero-order valence-corrected chi connectivity index (χ0v) is 21.4. The van der Waals surface area contributed by atoms with Crippen molar-refractivity contribution < 1.29 is 40.6 Å². The highest BCUT2D eigenvalue weighted by Crippen LogP contribution is 2.37. The number of carbonyl (C=O) groups excluding carboxylic acids is 1. The molecule has 0 aromatic carbocycles. The summed E-state index contributed by atoms with van der Waals surface area (Å²) in [5.74, 6) is -0.219. The Kier molecular flexibility index (Phi) is 8.20. The largest absolute Gasteiger partial charge is 0.490 e. The smallest absolute Gasteiger partial charge is 0.423 e. The number of aromatic amines is 1. The van der Waals surface area contributed by atoms with Crippen molar-refractivity contribution in [3.05, 3.63) is 52.3 Å². The predicted molar refractivity (Wildman–Crippen MR) is 131 cm³/mol. The summed E-state index contributed by atoms with van der Waals surface area (Å²) in [5, 5.41) is 7.71. The van der Waals surface area contributed by atoms with Crippen molar-refractivity contribution in [1.82, 2.24) is 25.1 Å². The van der Waals surface area contributed by atoms with Gasteiger partial charge in [-0.3, -0.25) is 14.5 Å². The highest BCUT2D eigenvalue weighted by atomic mass is 19.4. The Morgan fingerprint density at radius 3 is 2.37 bits per heavy atom. The standard InChI is InChI=1S/C23H22F6N8O4/c1-12(34-14-9-33-35-20(39)17(14)23(27,28)29)11-41-15-3-4-30-19(18(15)40-2)37-6-5-36(10-16(37)38)21-31-7-13(8-32-21)22(24,25)26/h3-4,7-9,12H,5-6,10-11H2,1-2H3,(H2,34,35,39)/t12-/m0/s1. The minimum atomic E-state index is -4.92. The molecule has 0 spiro atoms. The summed E-state index contributed by atoms with van der Waals surface area (Å²) in [4.78, 5) is 39.0. The number of aromatic nitrogens is 5. The number of anilines is 3. The third kappa shape index (κ3) is 6.58. The zero-order valence-electron chi connectivity index (χ0n) is 21.4. The van der Waals surface area contributed by atoms with Crippen LogP contribution in [0.15, 0.2) is 35.6 Å². The number of hydrogen-bond acceptors (Lipinski definition) is 10. The Balaban J connectivity index is 1.44. The number of rotatable bonds is 8. The molecular formula is C23H22F6N8O4. The summed E-state index contributed by atoms with van der Waals surface area (Å²) in [7, 11) is 1.31. The number of amides is 1. The minimum absolute atomic E-state index is 0.0474. The number of nitrogens with zero attached hydrogens (tertiary/aromatic N) is 6. The number of hydrogen-bond donors (Lipinski definition) is 2. The first-order chi connectivity index (χ1) is 19.3. The minimum Gasteiger partial charge on any atom is -0.490 e. The van der Waals surface area contributed by atoms with Gasteiger partial charge in [0.1, 0.15) is 18.7 Å². The van der Waals surface area contributed by atoms with Gasteiger partial charge in [-0.05, 0) is 6.92 Å². The van der Waals surface area contributed by atoms with E-state index in [4.69, 9.17) is 9.47 Å². The van der Waals surface area contributed by atoms with E-state index in [1.807, 2.05) is 0 Å². The predicted octanol–water partition coefficient (Wildman–Crippen LogP) is 2.73. The normalized spacial score (nSPS) is 15.1. The van der Waals surface area contributed by atoms with E-state index >= 15 is 0 Å². The number of alkyl halides is 6. The van der Waals surface area contributed by atoms with Gasteiger partial charge >= 0.3 is 12.4 Å². The average molecular weight is 588 g/mol. The van der Waals surface area contributed by atoms with Crippen LogP contribution in [-0.2, 0) is 17.1 Å². The number of pyridine rings is 1. The van der Waals surface area contributed by atoms with Gasteiger partial charge in [0, 0.05) is 37.7 Å². The molecule has 2 N–H and O–H groups in total. The van der Waals surface area contributed by atoms with E-state index in [0.717, 1.165) is 6.20 Å². The van der Waals surface area contributed by atoms with Crippen LogP contribution in [0.5, 0.6) is 11.5 Å². The van der Waals surface area contributed by atoms with Crippen LogP contribution in [0, 0.1) is 0 Å². The Bertz CT molecular complexity index is 1450. The monoisotopic (exact) mass is 588 g/mol. The molecule has 4 heterocycles. The van der Waals surface area contributed by atoms with Crippen LogP contribution >= 0.6 is 0 Å². The molecule has 4 rings (SSSR count). The number of methoxy groups -OCH3 is 1. The Morgan fingerprint density at radius 2 is 1.76 bits per heavy atom. The summed E-state index contributed by atoms with van der Waals surface area (Å²) >= 11 is 0. The van der Waals surface area contributed by atoms with E-state index in [9.17, 15) is 35.9 Å². The molecule has 41 heavy (non-hydrogen) atoms. The lowest BCUT2D eigenvalue weighted by Crippen LogP contribution is -2.51. The Labute approximate surface area is 227 Å². The number of nitrogens with one attached hydrogen (secondary N) is 2. The lowest BCUT2D eigenvalue weighted by molar-refractivity contribution is -0.139. The van der Waals surface area contributed by atoms with Crippen LogP contribution in [0.25, 0.3) is 0 Å². The average Bonchev–Trinajstić information content (AvgIpc) is 2.90. The van der Waals surface area contributed by atoms with Crippen LogP contribution < -0.4 is 30.1 Å². The van der Waals surface area contributed by atoms with E-state index in [-0.39, 0.29) is 49.5 Å². The highest BCUT2D eigenvalue weighted by molar-refractivity contribution is 5.98. The zero-order chi connectivity index (χ0) is 29.9. The molecule has 1 amide bonds. The summed E-state index contributed by atoms with van der Waals surface area (Å²) in [6.07, 6.45) is -6.06. The number of halogens is 6. The van der Waals surface area contributed by atoms with E-state index in [1.54, 1.807) is 5.10 Å². The van der Waals surface area contributed by atoms with Crippen molar-refractivity contribution >= 4 is 23.4 Å². The molecule has 3 aromatic rings. The number of piperazine rings is 1. The number of carbonyl (C=O) groups is 1. The summed E-state index contributed by atoms with van der Waals surface area (Å²) in [6, 6.07) is 0.691. The molecule has 1 aliphatic heterocycles. The molecule has 1 atom stereocenters. The van der Waals surface area contributed by atoms with Crippen molar-refractivity contribution in [2.75, 3.05) is 48.5 Å². The van der Waals surface area contributed by atoms with Crippen molar-refractivity contribution in [3.8, 4) is 11.5 Å². The van der Waals surface area contributed by atoms with Gasteiger partial charge in [0.15, 0.2) is 11.6 Å². The molecule has 1 aliphatic rings. The molecule has 3 aromatic heterocycles. The quantitative estimate of drug-likeness (QED) is 0.378. The molecule has 0 radical (unpaired) electrons. The van der Waals surface area contributed by atoms with Crippen LogP contribution in [0.4, 0.5) is 43.8 Å². The van der Waals surface area contributed by atoms with Gasteiger partial charge in [-0.2, -0.15) is 31.4 Å². The fourth-order valence-corrected chi connectivity index (χ4v) is 3.93. The second kappa shape index (κ2) is 11.5. The maximum Gasteiger partial charge on any atom is 0.423 e. The Hall–Kier alpha value is -4.64. The molecular weight excluding hydrogens is 566 g/mol. The van der Waals surface area contributed by atoms with Gasteiger partial charge in [0.25, 0.3) is 5.56 Å². The molecule has 0 aliphatic carbocycles. The van der Waals surface area contributed by atoms with Gasteiger partial charge in [-0.25, -0.2) is 20.1 Å². The number of ether oxygens (including phenoxy) is 2. The fraction of sp³-hybridized carbons (Fsp3) is 0.391. The first-order valence-electron chi connectivity index (χ1n) is 11.8. The molecule has 12 nitrogen and oxygen atoms in total. The lowest BCUT2D eigenvalue weighted by atomic mass is 10.2. The molecule has 220 valence electrons. The maximum absolute atomic E-state index is 13.3. The van der Waals surface area contributed by atoms with Gasteiger partial charge in [0.2, 0.25) is 17.6 Å². The third-order valence-corrected chi connectivity index (χ3v) is 5.81. The fourth-order valence-electron chi connectivity index (χ4n) is 3.93. The van der Waals surface area contributed by atoms with Gasteiger partial charge in [-0.1, -0.05) is 0 Å². The second-order valence-corrected chi connectivity index (χ2v) is 8.74. The van der Waals surface area contributed by atoms with Gasteiger partial charge in [-0.15, -0.1) is 0 Å². The molecule has 0 saturated carbocycles. The molecule has 18 heteroatoms. The van der Waals surface area contributed by atoms with Crippen molar-refractivity contribution in [2.24, 2.45) is 0 Å². The van der Waals surface area contributed by atoms with Gasteiger partial charge in [0.05, 0.1) is 30.6 Å². The van der Waals surface area contributed by atoms with E-state index < -0.39 is 46.7 Å². The topological polar surface area (TPSA) is 138 Å². The first-order valence-corrected chi connectivity index (χ1v) is 11.8. The molecule has 0 unspecified atom stereocenters. The van der Waals surface area contributed by atoms with Crippen LogP contribution in [0.1, 0.15) is 18.1 Å². The maximum atomic E-state index is 13.3. The molecule has 1 fully saturated rings. The van der Waals surface area contributed by atoms with Crippen molar-refractivity contribution in [2.45, 2.75) is 25.3 Å².